The van der Waals surface area contributed by atoms with Gasteiger partial charge in [-0.1, -0.05) is 23.2 Å². The molecular formula is C16H19Cl2N3O. The Balaban J connectivity index is 2.14. The number of aromatic nitrogens is 1. The lowest BCUT2D eigenvalue weighted by Crippen LogP contribution is -2.39. The summed E-state index contributed by atoms with van der Waals surface area (Å²) >= 11 is 12.0. The van der Waals surface area contributed by atoms with Crippen LogP contribution in [-0.2, 0) is 13.6 Å². The molecule has 0 bridgehead atoms. The summed E-state index contributed by atoms with van der Waals surface area (Å²) in [5, 5.41) is 3.79. The molecule has 0 aliphatic heterocycles. The van der Waals surface area contributed by atoms with Crippen molar-refractivity contribution in [3.63, 3.8) is 0 Å². The second-order valence-corrected chi connectivity index (χ2v) is 6.23. The molecule has 0 fully saturated rings. The van der Waals surface area contributed by atoms with Crippen molar-refractivity contribution in [2.75, 3.05) is 5.32 Å². The van der Waals surface area contributed by atoms with Crippen molar-refractivity contribution in [2.45, 2.75) is 26.4 Å². The smallest absolute Gasteiger partial charge is 0.322 e. The molecule has 6 heteroatoms. The van der Waals surface area contributed by atoms with Crippen molar-refractivity contribution in [1.82, 2.24) is 9.47 Å². The van der Waals surface area contributed by atoms with Crippen LogP contribution >= 0.6 is 23.2 Å². The third-order valence-corrected chi connectivity index (χ3v) is 3.99. The summed E-state index contributed by atoms with van der Waals surface area (Å²) in [5.74, 6) is 0. The Labute approximate surface area is 140 Å². The molecular weight excluding hydrogens is 321 g/mol. The minimum Gasteiger partial charge on any atom is -0.353 e. The van der Waals surface area contributed by atoms with Crippen molar-refractivity contribution >= 4 is 34.9 Å². The molecule has 4 nitrogen and oxygen atoms in total. The second kappa shape index (κ2) is 7.07. The lowest BCUT2D eigenvalue weighted by molar-refractivity contribution is 0.192. The molecule has 2 aromatic rings. The Hall–Kier alpha value is -1.65. The quantitative estimate of drug-likeness (QED) is 0.855. The zero-order valence-electron chi connectivity index (χ0n) is 12.8. The number of hydrogen-bond acceptors (Lipinski definition) is 1. The first kappa shape index (κ1) is 16.7. The van der Waals surface area contributed by atoms with Crippen LogP contribution < -0.4 is 5.32 Å². The maximum absolute atomic E-state index is 12.5. The molecule has 0 radical (unpaired) electrons. The van der Waals surface area contributed by atoms with Gasteiger partial charge in [0, 0.05) is 30.0 Å². The highest BCUT2D eigenvalue weighted by Gasteiger charge is 2.19. The zero-order valence-corrected chi connectivity index (χ0v) is 14.3. The van der Waals surface area contributed by atoms with Crippen LogP contribution in [0.15, 0.2) is 36.5 Å². The molecule has 2 amide bonds. The Morgan fingerprint density at radius 1 is 1.32 bits per heavy atom. The minimum atomic E-state index is -0.194. The van der Waals surface area contributed by atoms with Gasteiger partial charge in [0.05, 0.1) is 17.3 Å². The van der Waals surface area contributed by atoms with E-state index in [2.05, 4.69) is 5.32 Å². The first-order chi connectivity index (χ1) is 10.4. The maximum atomic E-state index is 12.5. The lowest BCUT2D eigenvalue weighted by atomic mass is 10.3. The van der Waals surface area contributed by atoms with Crippen LogP contribution in [0.5, 0.6) is 0 Å². The highest BCUT2D eigenvalue weighted by atomic mass is 35.5. The first-order valence-corrected chi connectivity index (χ1v) is 7.77. The summed E-state index contributed by atoms with van der Waals surface area (Å²) in [4.78, 5) is 14.3. The van der Waals surface area contributed by atoms with Gasteiger partial charge in [0.25, 0.3) is 0 Å². The van der Waals surface area contributed by atoms with Gasteiger partial charge in [-0.05, 0) is 44.2 Å². The fourth-order valence-corrected chi connectivity index (χ4v) is 2.56. The van der Waals surface area contributed by atoms with Gasteiger partial charge in [0.1, 0.15) is 0 Å². The highest BCUT2D eigenvalue weighted by molar-refractivity contribution is 6.36. The summed E-state index contributed by atoms with van der Waals surface area (Å²) in [7, 11) is 1.96. The SMILES string of the molecule is CC(C)N(Cc1cccn1C)C(=O)Nc1ccc(Cl)cc1Cl. The first-order valence-electron chi connectivity index (χ1n) is 7.01. The number of nitrogens with one attached hydrogen (secondary N) is 1. The lowest BCUT2D eigenvalue weighted by Gasteiger charge is -2.27. The number of carbonyl (C=O) groups is 1. The molecule has 0 atom stereocenters. The van der Waals surface area contributed by atoms with E-state index in [9.17, 15) is 4.79 Å². The predicted octanol–water partition coefficient (Wildman–Crippen LogP) is 4.77. The number of rotatable bonds is 4. The van der Waals surface area contributed by atoms with E-state index in [1.165, 1.54) is 0 Å². The molecule has 0 spiro atoms. The van der Waals surface area contributed by atoms with Crippen LogP contribution in [0.25, 0.3) is 0 Å². The number of carbonyl (C=O) groups excluding carboxylic acids is 1. The molecule has 0 unspecified atom stereocenters. The number of urea groups is 1. The van der Waals surface area contributed by atoms with Gasteiger partial charge < -0.3 is 14.8 Å². The van der Waals surface area contributed by atoms with Crippen LogP contribution in [0, 0.1) is 0 Å². The standard InChI is InChI=1S/C16H19Cl2N3O/c1-11(2)21(10-13-5-4-8-20(13)3)16(22)19-15-7-6-12(17)9-14(15)18/h4-9,11H,10H2,1-3H3,(H,19,22). The van der Waals surface area contributed by atoms with Crippen LogP contribution in [0.1, 0.15) is 19.5 Å². The van der Waals surface area contributed by atoms with Gasteiger partial charge in [-0.15, -0.1) is 0 Å². The van der Waals surface area contributed by atoms with Crippen molar-refractivity contribution in [3.8, 4) is 0 Å². The van der Waals surface area contributed by atoms with E-state index in [1.54, 1.807) is 23.1 Å². The average molecular weight is 340 g/mol. The van der Waals surface area contributed by atoms with E-state index < -0.39 is 0 Å². The molecule has 1 aromatic carbocycles. The van der Waals surface area contributed by atoms with Crippen molar-refractivity contribution in [1.29, 1.82) is 0 Å². The number of benzene rings is 1. The fourth-order valence-electron chi connectivity index (χ4n) is 2.10. The molecule has 0 aliphatic rings. The van der Waals surface area contributed by atoms with Gasteiger partial charge in [0.15, 0.2) is 0 Å². The zero-order chi connectivity index (χ0) is 16.3. The van der Waals surface area contributed by atoms with Crippen LogP contribution in [0.2, 0.25) is 10.0 Å². The summed E-state index contributed by atoms with van der Waals surface area (Å²) in [6, 6.07) is 8.82. The Morgan fingerprint density at radius 3 is 2.59 bits per heavy atom. The van der Waals surface area contributed by atoms with E-state index in [-0.39, 0.29) is 12.1 Å². The van der Waals surface area contributed by atoms with Crippen LogP contribution in [0.3, 0.4) is 0 Å². The molecule has 0 saturated heterocycles. The molecule has 0 saturated carbocycles. The second-order valence-electron chi connectivity index (χ2n) is 5.39. The molecule has 1 aromatic heterocycles. The van der Waals surface area contributed by atoms with Gasteiger partial charge in [-0.3, -0.25) is 0 Å². The summed E-state index contributed by atoms with van der Waals surface area (Å²) < 4.78 is 2.00. The number of anilines is 1. The van der Waals surface area contributed by atoms with E-state index in [1.807, 2.05) is 43.8 Å². The molecule has 1 heterocycles. The molecule has 118 valence electrons. The topological polar surface area (TPSA) is 37.3 Å². The Kier molecular flexibility index (Phi) is 5.37. The Bertz CT molecular complexity index is 667. The number of amides is 2. The largest absolute Gasteiger partial charge is 0.353 e. The number of halogens is 2. The maximum Gasteiger partial charge on any atom is 0.322 e. The molecule has 1 N–H and O–H groups in total. The van der Waals surface area contributed by atoms with E-state index in [0.29, 0.717) is 22.3 Å². The normalized spacial score (nSPS) is 10.8. The molecule has 22 heavy (non-hydrogen) atoms. The van der Waals surface area contributed by atoms with E-state index >= 15 is 0 Å². The predicted molar refractivity (Wildman–Crippen MR) is 91.6 cm³/mol. The third-order valence-electron chi connectivity index (χ3n) is 3.44. The van der Waals surface area contributed by atoms with Crippen molar-refractivity contribution in [2.24, 2.45) is 7.05 Å². The van der Waals surface area contributed by atoms with Gasteiger partial charge in [-0.25, -0.2) is 4.79 Å². The van der Waals surface area contributed by atoms with Gasteiger partial charge >= 0.3 is 6.03 Å². The number of aryl methyl sites for hydroxylation is 1. The molecule has 0 aliphatic carbocycles. The van der Waals surface area contributed by atoms with E-state index in [4.69, 9.17) is 23.2 Å². The minimum absolute atomic E-state index is 0.0565. The van der Waals surface area contributed by atoms with Crippen molar-refractivity contribution < 1.29 is 4.79 Å². The third kappa shape index (κ3) is 3.96. The van der Waals surface area contributed by atoms with Gasteiger partial charge in [-0.2, -0.15) is 0 Å². The molecule has 2 rings (SSSR count). The summed E-state index contributed by atoms with van der Waals surface area (Å²) in [5.41, 5.74) is 1.61. The fraction of sp³-hybridized carbons (Fsp3) is 0.312. The van der Waals surface area contributed by atoms with Crippen LogP contribution in [0.4, 0.5) is 10.5 Å². The summed E-state index contributed by atoms with van der Waals surface area (Å²) in [6.07, 6.45) is 1.96. The van der Waals surface area contributed by atoms with Crippen LogP contribution in [-0.4, -0.2) is 21.5 Å². The summed E-state index contributed by atoms with van der Waals surface area (Å²) in [6.45, 7) is 4.48. The average Bonchev–Trinajstić information content (AvgIpc) is 2.84. The van der Waals surface area contributed by atoms with E-state index in [0.717, 1.165) is 5.69 Å². The highest BCUT2D eigenvalue weighted by Crippen LogP contribution is 2.26. The number of hydrogen-bond donors (Lipinski definition) is 1. The Morgan fingerprint density at radius 2 is 2.05 bits per heavy atom. The number of nitrogens with zero attached hydrogens (tertiary/aromatic N) is 2. The van der Waals surface area contributed by atoms with Crippen molar-refractivity contribution in [3.05, 3.63) is 52.3 Å². The monoisotopic (exact) mass is 339 g/mol. The van der Waals surface area contributed by atoms with Gasteiger partial charge in [0.2, 0.25) is 0 Å².